The van der Waals surface area contributed by atoms with E-state index in [1.165, 1.54) is 6.20 Å². The maximum absolute atomic E-state index is 13.0. The van der Waals surface area contributed by atoms with Crippen LogP contribution in [-0.4, -0.2) is 68.5 Å². The van der Waals surface area contributed by atoms with Gasteiger partial charge in [0, 0.05) is 38.8 Å². The van der Waals surface area contributed by atoms with Gasteiger partial charge in [-0.1, -0.05) is 53.6 Å². The number of nitrogens with zero attached hydrogens (tertiary/aromatic N) is 7. The third-order valence-electron chi connectivity index (χ3n) is 6.62. The molecule has 2 aromatic heterocycles. The number of amides is 1. The second-order valence-electron chi connectivity index (χ2n) is 9.48. The van der Waals surface area contributed by atoms with E-state index in [4.69, 9.17) is 21.6 Å². The highest BCUT2D eigenvalue weighted by atomic mass is 35.5. The van der Waals surface area contributed by atoms with Crippen LogP contribution < -0.4 is 15.5 Å². The predicted molar refractivity (Wildman–Crippen MR) is 150 cm³/mol. The summed E-state index contributed by atoms with van der Waals surface area (Å²) in [6.07, 6.45) is 1.51. The van der Waals surface area contributed by atoms with Gasteiger partial charge in [-0.2, -0.15) is 15.0 Å². The Morgan fingerprint density at radius 1 is 0.947 bits per heavy atom. The number of rotatable bonds is 6. The van der Waals surface area contributed by atoms with E-state index in [0.717, 1.165) is 42.9 Å². The first-order chi connectivity index (χ1) is 18.3. The minimum absolute atomic E-state index is 0.321. The molecule has 2 N–H and O–H groups in total. The van der Waals surface area contributed by atoms with Gasteiger partial charge in [-0.15, -0.1) is 0 Å². The SMILES string of the molecule is Cc1ccc(-c2nc(Nc3ncc(C(=O)Nc4c(C)cccc4Cl)n3C)nc(N3CCN(C)CC3)n2)cc1. The zero-order valence-electron chi connectivity index (χ0n) is 21.9. The Morgan fingerprint density at radius 2 is 1.68 bits per heavy atom. The fourth-order valence-electron chi connectivity index (χ4n) is 4.20. The molecule has 3 heterocycles. The highest BCUT2D eigenvalue weighted by Gasteiger charge is 2.21. The van der Waals surface area contributed by atoms with Crippen molar-refractivity contribution in [2.24, 2.45) is 7.05 Å². The first kappa shape index (κ1) is 25.6. The molecule has 1 fully saturated rings. The Bertz CT molecular complexity index is 1440. The third-order valence-corrected chi connectivity index (χ3v) is 6.94. The molecule has 1 aliphatic heterocycles. The Balaban J connectivity index is 1.44. The number of anilines is 4. The molecule has 11 heteroatoms. The number of hydrogen-bond donors (Lipinski definition) is 2. The second-order valence-corrected chi connectivity index (χ2v) is 9.88. The maximum atomic E-state index is 13.0. The lowest BCUT2D eigenvalue weighted by Gasteiger charge is -2.32. The average Bonchev–Trinajstić information content (AvgIpc) is 3.26. The number of piperazine rings is 1. The normalized spacial score (nSPS) is 14.0. The van der Waals surface area contributed by atoms with Crippen molar-refractivity contribution in [3.05, 3.63) is 70.5 Å². The molecule has 0 saturated carbocycles. The van der Waals surface area contributed by atoms with Gasteiger partial charge in [0.05, 0.1) is 16.9 Å². The Kier molecular flexibility index (Phi) is 7.26. The number of imidazole rings is 1. The summed E-state index contributed by atoms with van der Waals surface area (Å²) in [6, 6.07) is 13.5. The van der Waals surface area contributed by atoms with Gasteiger partial charge in [0.15, 0.2) is 5.82 Å². The quantitative estimate of drug-likeness (QED) is 0.380. The van der Waals surface area contributed by atoms with Crippen molar-refractivity contribution in [2.45, 2.75) is 13.8 Å². The van der Waals surface area contributed by atoms with Gasteiger partial charge in [0.2, 0.25) is 17.8 Å². The molecule has 196 valence electrons. The molecule has 10 nitrogen and oxygen atoms in total. The van der Waals surface area contributed by atoms with E-state index in [-0.39, 0.29) is 5.91 Å². The fraction of sp³-hybridized carbons (Fsp3) is 0.296. The zero-order valence-corrected chi connectivity index (χ0v) is 22.6. The van der Waals surface area contributed by atoms with E-state index in [2.05, 4.69) is 37.4 Å². The van der Waals surface area contributed by atoms with Crippen molar-refractivity contribution < 1.29 is 4.79 Å². The van der Waals surface area contributed by atoms with Gasteiger partial charge in [0.1, 0.15) is 5.69 Å². The van der Waals surface area contributed by atoms with Gasteiger partial charge in [-0.05, 0) is 32.5 Å². The number of likely N-dealkylation sites (N-methyl/N-ethyl adjacent to an activating group) is 1. The molecule has 0 bridgehead atoms. The number of aryl methyl sites for hydroxylation is 2. The van der Waals surface area contributed by atoms with E-state index >= 15 is 0 Å². The van der Waals surface area contributed by atoms with Crippen LogP contribution in [0.3, 0.4) is 0 Å². The molecule has 4 aromatic rings. The molecule has 1 amide bonds. The number of hydrogen-bond acceptors (Lipinski definition) is 8. The number of para-hydroxylation sites is 1. The van der Waals surface area contributed by atoms with E-state index in [1.807, 2.05) is 50.2 Å². The molecule has 0 radical (unpaired) electrons. The summed E-state index contributed by atoms with van der Waals surface area (Å²) < 4.78 is 1.66. The molecule has 2 aromatic carbocycles. The second kappa shape index (κ2) is 10.8. The third kappa shape index (κ3) is 5.46. The van der Waals surface area contributed by atoms with E-state index < -0.39 is 0 Å². The summed E-state index contributed by atoms with van der Waals surface area (Å²) in [6.45, 7) is 7.43. The van der Waals surface area contributed by atoms with Crippen molar-refractivity contribution in [2.75, 3.05) is 48.8 Å². The number of carbonyl (C=O) groups is 1. The Morgan fingerprint density at radius 3 is 2.39 bits per heavy atom. The lowest BCUT2D eigenvalue weighted by Crippen LogP contribution is -2.45. The monoisotopic (exact) mass is 531 g/mol. The van der Waals surface area contributed by atoms with E-state index in [9.17, 15) is 4.79 Å². The molecule has 1 saturated heterocycles. The maximum Gasteiger partial charge on any atom is 0.274 e. The molecule has 0 unspecified atom stereocenters. The molecule has 0 spiro atoms. The number of benzene rings is 2. The Hall–Kier alpha value is -4.02. The van der Waals surface area contributed by atoms with Crippen molar-refractivity contribution in [3.8, 4) is 11.4 Å². The summed E-state index contributed by atoms with van der Waals surface area (Å²) in [7, 11) is 3.87. The summed E-state index contributed by atoms with van der Waals surface area (Å²) in [5.41, 5.74) is 3.86. The highest BCUT2D eigenvalue weighted by molar-refractivity contribution is 6.34. The first-order valence-electron chi connectivity index (χ1n) is 12.4. The average molecular weight is 532 g/mol. The lowest BCUT2D eigenvalue weighted by atomic mass is 10.1. The summed E-state index contributed by atoms with van der Waals surface area (Å²) in [4.78, 5) is 36.1. The van der Waals surface area contributed by atoms with Crippen LogP contribution in [0.15, 0.2) is 48.7 Å². The largest absolute Gasteiger partial charge is 0.338 e. The number of carbonyl (C=O) groups excluding carboxylic acids is 1. The molecule has 0 aliphatic carbocycles. The molecule has 5 rings (SSSR count). The van der Waals surface area contributed by atoms with Crippen LogP contribution in [0.5, 0.6) is 0 Å². The van der Waals surface area contributed by atoms with Gasteiger partial charge in [-0.25, -0.2) is 4.98 Å². The van der Waals surface area contributed by atoms with Crippen LogP contribution in [0.2, 0.25) is 5.02 Å². The number of nitrogens with one attached hydrogen (secondary N) is 2. The van der Waals surface area contributed by atoms with Crippen LogP contribution in [0, 0.1) is 13.8 Å². The van der Waals surface area contributed by atoms with Crippen LogP contribution in [0.1, 0.15) is 21.6 Å². The molecule has 1 aliphatic rings. The summed E-state index contributed by atoms with van der Waals surface area (Å²) in [5.74, 6) is 1.63. The van der Waals surface area contributed by atoms with Crippen molar-refractivity contribution in [3.63, 3.8) is 0 Å². The molecule has 0 atom stereocenters. The van der Waals surface area contributed by atoms with Gasteiger partial charge < -0.3 is 19.7 Å². The standard InChI is InChI=1S/C27H30ClN9O/c1-17-8-10-19(11-9-17)23-31-25(34-27(32-23)37-14-12-35(3)13-15-37)33-26-29-16-21(36(26)4)24(38)30-22-18(2)6-5-7-20(22)28/h5-11,16H,12-15H2,1-4H3,(H,30,38)(H,29,31,32,33,34). The lowest BCUT2D eigenvalue weighted by molar-refractivity contribution is 0.101. The van der Waals surface area contributed by atoms with Crippen LogP contribution in [0.4, 0.5) is 23.5 Å². The number of aromatic nitrogens is 5. The van der Waals surface area contributed by atoms with Crippen molar-refractivity contribution in [1.82, 2.24) is 29.4 Å². The fourth-order valence-corrected chi connectivity index (χ4v) is 4.47. The summed E-state index contributed by atoms with van der Waals surface area (Å²) in [5, 5.41) is 6.56. The van der Waals surface area contributed by atoms with Gasteiger partial charge >= 0.3 is 0 Å². The van der Waals surface area contributed by atoms with Crippen molar-refractivity contribution in [1.29, 1.82) is 0 Å². The highest BCUT2D eigenvalue weighted by Crippen LogP contribution is 2.27. The number of halogens is 1. The Labute approximate surface area is 226 Å². The minimum Gasteiger partial charge on any atom is -0.338 e. The van der Waals surface area contributed by atoms with Crippen LogP contribution >= 0.6 is 11.6 Å². The van der Waals surface area contributed by atoms with E-state index in [0.29, 0.717) is 40.1 Å². The van der Waals surface area contributed by atoms with Gasteiger partial charge in [0.25, 0.3) is 5.91 Å². The van der Waals surface area contributed by atoms with E-state index in [1.54, 1.807) is 17.7 Å². The zero-order chi connectivity index (χ0) is 26.8. The smallest absolute Gasteiger partial charge is 0.274 e. The first-order valence-corrected chi connectivity index (χ1v) is 12.8. The topological polar surface area (TPSA) is 104 Å². The summed E-state index contributed by atoms with van der Waals surface area (Å²) >= 11 is 6.30. The molecular formula is C27H30ClN9O. The van der Waals surface area contributed by atoms with Gasteiger partial charge in [-0.3, -0.25) is 10.1 Å². The van der Waals surface area contributed by atoms with Crippen LogP contribution in [-0.2, 0) is 7.05 Å². The molecule has 38 heavy (non-hydrogen) atoms. The molecular weight excluding hydrogens is 502 g/mol. The van der Waals surface area contributed by atoms with Crippen LogP contribution in [0.25, 0.3) is 11.4 Å². The minimum atomic E-state index is -0.321. The van der Waals surface area contributed by atoms with Crippen molar-refractivity contribution >= 4 is 41.0 Å². The predicted octanol–water partition coefficient (Wildman–Crippen LogP) is 4.29.